The van der Waals surface area contributed by atoms with E-state index in [4.69, 9.17) is 10.6 Å². The van der Waals surface area contributed by atoms with Gasteiger partial charge in [0, 0.05) is 32.0 Å². The van der Waals surface area contributed by atoms with Crippen LogP contribution in [-0.4, -0.2) is 29.0 Å². The third-order valence-electron chi connectivity index (χ3n) is 2.54. The highest BCUT2D eigenvalue weighted by Gasteiger charge is 2.08. The van der Waals surface area contributed by atoms with E-state index in [1.807, 2.05) is 17.8 Å². The van der Waals surface area contributed by atoms with Crippen molar-refractivity contribution in [3.8, 4) is 0 Å². The van der Waals surface area contributed by atoms with Crippen LogP contribution in [0.2, 0.25) is 0 Å². The van der Waals surface area contributed by atoms with Crippen LogP contribution in [0.1, 0.15) is 25.8 Å². The summed E-state index contributed by atoms with van der Waals surface area (Å²) in [5.41, 5.74) is 4.03. The first-order chi connectivity index (χ1) is 7.80. The number of hydrogen-bond donors (Lipinski definition) is 2. The van der Waals surface area contributed by atoms with E-state index in [-0.39, 0.29) is 6.04 Å². The molecule has 0 bridgehead atoms. The molecule has 0 aliphatic heterocycles. The molecule has 5 nitrogen and oxygen atoms in total. The van der Waals surface area contributed by atoms with Crippen LogP contribution in [0.5, 0.6) is 0 Å². The highest BCUT2D eigenvalue weighted by Crippen LogP contribution is 2.05. The van der Waals surface area contributed by atoms with Gasteiger partial charge in [-0.05, 0) is 32.3 Å². The van der Waals surface area contributed by atoms with E-state index in [2.05, 4.69) is 23.6 Å². The summed E-state index contributed by atoms with van der Waals surface area (Å²) >= 11 is 0. The van der Waals surface area contributed by atoms with Crippen LogP contribution in [0.3, 0.4) is 0 Å². The summed E-state index contributed by atoms with van der Waals surface area (Å²) in [5.74, 6) is 5.51. The van der Waals surface area contributed by atoms with Crippen molar-refractivity contribution in [3.63, 3.8) is 0 Å². The van der Waals surface area contributed by atoms with Crippen molar-refractivity contribution in [3.05, 3.63) is 18.0 Å². The smallest absolute Gasteiger partial charge is 0.0522 e. The summed E-state index contributed by atoms with van der Waals surface area (Å²) in [6.45, 7) is 6.47. The van der Waals surface area contributed by atoms with Gasteiger partial charge < -0.3 is 4.74 Å². The number of nitrogens with zero attached hydrogens (tertiary/aromatic N) is 2. The molecule has 0 aliphatic rings. The molecule has 0 saturated carbocycles. The van der Waals surface area contributed by atoms with Crippen LogP contribution >= 0.6 is 0 Å². The molecule has 0 aliphatic carbocycles. The van der Waals surface area contributed by atoms with Crippen molar-refractivity contribution >= 4 is 0 Å². The molecule has 1 unspecified atom stereocenters. The van der Waals surface area contributed by atoms with Gasteiger partial charge in [-0.25, -0.2) is 0 Å². The molecule has 3 N–H and O–H groups in total. The molecule has 0 fully saturated rings. The van der Waals surface area contributed by atoms with Gasteiger partial charge in [-0.1, -0.05) is 0 Å². The maximum Gasteiger partial charge on any atom is 0.0522 e. The molecule has 1 aromatic rings. The Hall–Kier alpha value is -0.910. The third kappa shape index (κ3) is 4.30. The highest BCUT2D eigenvalue weighted by molar-refractivity contribution is 5.06. The van der Waals surface area contributed by atoms with Gasteiger partial charge in [-0.15, -0.1) is 0 Å². The lowest BCUT2D eigenvalue weighted by molar-refractivity contribution is 0.136. The number of aryl methyl sites for hydroxylation is 1. The van der Waals surface area contributed by atoms with Gasteiger partial charge >= 0.3 is 0 Å². The van der Waals surface area contributed by atoms with Crippen molar-refractivity contribution in [2.75, 3.05) is 13.2 Å². The lowest BCUT2D eigenvalue weighted by Crippen LogP contribution is -2.37. The fraction of sp³-hybridized carbons (Fsp3) is 0.727. The van der Waals surface area contributed by atoms with E-state index in [0.29, 0.717) is 0 Å². The number of hydrazine groups is 1. The van der Waals surface area contributed by atoms with Gasteiger partial charge in [0.05, 0.1) is 6.20 Å². The molecular formula is C11H22N4O. The molecule has 0 radical (unpaired) electrons. The van der Waals surface area contributed by atoms with Crippen LogP contribution in [0.4, 0.5) is 0 Å². The zero-order valence-electron chi connectivity index (χ0n) is 10.1. The van der Waals surface area contributed by atoms with Gasteiger partial charge in [0.25, 0.3) is 0 Å². The van der Waals surface area contributed by atoms with Crippen LogP contribution in [0.15, 0.2) is 12.4 Å². The molecular weight excluding hydrogens is 204 g/mol. The minimum Gasteiger partial charge on any atom is -0.382 e. The fourth-order valence-corrected chi connectivity index (χ4v) is 1.58. The number of aromatic nitrogens is 2. The van der Waals surface area contributed by atoms with Crippen molar-refractivity contribution in [2.24, 2.45) is 5.84 Å². The second-order valence-corrected chi connectivity index (χ2v) is 3.76. The van der Waals surface area contributed by atoms with Gasteiger partial charge in [-0.3, -0.25) is 16.0 Å². The predicted molar refractivity (Wildman–Crippen MR) is 63.8 cm³/mol. The molecule has 0 saturated heterocycles. The largest absolute Gasteiger partial charge is 0.382 e. The lowest BCUT2D eigenvalue weighted by atomic mass is 10.1. The first-order valence-corrected chi connectivity index (χ1v) is 5.85. The Morgan fingerprint density at radius 1 is 1.56 bits per heavy atom. The molecule has 16 heavy (non-hydrogen) atoms. The van der Waals surface area contributed by atoms with E-state index in [0.717, 1.165) is 32.6 Å². The number of rotatable bonds is 8. The van der Waals surface area contributed by atoms with Gasteiger partial charge in [0.15, 0.2) is 0 Å². The van der Waals surface area contributed by atoms with E-state index in [1.54, 1.807) is 0 Å². The normalized spacial score (nSPS) is 12.9. The second kappa shape index (κ2) is 7.38. The Morgan fingerprint density at radius 3 is 2.94 bits per heavy atom. The van der Waals surface area contributed by atoms with Gasteiger partial charge in [0.1, 0.15) is 0 Å². The summed E-state index contributed by atoms with van der Waals surface area (Å²) in [6.07, 6.45) is 5.77. The van der Waals surface area contributed by atoms with Crippen molar-refractivity contribution < 1.29 is 4.74 Å². The lowest BCUT2D eigenvalue weighted by Gasteiger charge is -2.14. The second-order valence-electron chi connectivity index (χ2n) is 3.76. The number of nitrogens with two attached hydrogens (primary N) is 1. The fourth-order valence-electron chi connectivity index (χ4n) is 1.58. The van der Waals surface area contributed by atoms with Crippen LogP contribution in [-0.2, 0) is 17.7 Å². The molecule has 1 heterocycles. The van der Waals surface area contributed by atoms with E-state index < -0.39 is 0 Å². The minimum absolute atomic E-state index is 0.251. The Balaban J connectivity index is 2.36. The standard InChI is InChI=1S/C11H22N4O/c1-3-15-9-10(8-13-15)7-11(14-12)5-6-16-4-2/h8-9,11,14H,3-7,12H2,1-2H3. The maximum atomic E-state index is 5.51. The number of nitrogens with one attached hydrogen (secondary N) is 1. The molecule has 0 spiro atoms. The highest BCUT2D eigenvalue weighted by atomic mass is 16.5. The zero-order valence-corrected chi connectivity index (χ0v) is 10.1. The van der Waals surface area contributed by atoms with Crippen molar-refractivity contribution in [1.82, 2.24) is 15.2 Å². The molecule has 1 atom stereocenters. The maximum absolute atomic E-state index is 5.51. The van der Waals surface area contributed by atoms with E-state index in [9.17, 15) is 0 Å². The number of hydrogen-bond acceptors (Lipinski definition) is 4. The Bertz CT molecular complexity index is 287. The summed E-state index contributed by atoms with van der Waals surface area (Å²) < 4.78 is 7.24. The van der Waals surface area contributed by atoms with Crippen LogP contribution in [0, 0.1) is 0 Å². The molecule has 5 heteroatoms. The summed E-state index contributed by atoms with van der Waals surface area (Å²) in [5, 5.41) is 4.24. The molecule has 0 amide bonds. The Labute approximate surface area is 96.9 Å². The monoisotopic (exact) mass is 226 g/mol. The first kappa shape index (κ1) is 13.2. The minimum atomic E-state index is 0.251. The van der Waals surface area contributed by atoms with Crippen molar-refractivity contribution in [2.45, 2.75) is 39.3 Å². The SMILES string of the molecule is CCOCCC(Cc1cnn(CC)c1)NN. The molecule has 1 rings (SSSR count). The molecule has 0 aromatic carbocycles. The average molecular weight is 226 g/mol. The topological polar surface area (TPSA) is 65.1 Å². The van der Waals surface area contributed by atoms with Crippen LogP contribution < -0.4 is 11.3 Å². The summed E-state index contributed by atoms with van der Waals surface area (Å²) in [4.78, 5) is 0. The summed E-state index contributed by atoms with van der Waals surface area (Å²) in [6, 6.07) is 0.251. The first-order valence-electron chi connectivity index (χ1n) is 5.85. The molecule has 92 valence electrons. The average Bonchev–Trinajstić information content (AvgIpc) is 2.75. The van der Waals surface area contributed by atoms with E-state index in [1.165, 1.54) is 5.56 Å². The zero-order chi connectivity index (χ0) is 11.8. The quantitative estimate of drug-likeness (QED) is 0.389. The Morgan fingerprint density at radius 2 is 2.38 bits per heavy atom. The van der Waals surface area contributed by atoms with Gasteiger partial charge in [-0.2, -0.15) is 5.10 Å². The van der Waals surface area contributed by atoms with Crippen LogP contribution in [0.25, 0.3) is 0 Å². The third-order valence-corrected chi connectivity index (χ3v) is 2.54. The van der Waals surface area contributed by atoms with Gasteiger partial charge in [0.2, 0.25) is 0 Å². The van der Waals surface area contributed by atoms with Crippen molar-refractivity contribution in [1.29, 1.82) is 0 Å². The Kier molecular flexibility index (Phi) is 6.07. The van der Waals surface area contributed by atoms with E-state index >= 15 is 0 Å². The predicted octanol–water partition coefficient (Wildman–Crippen LogP) is 0.704. The molecule has 1 aromatic heterocycles. The number of ether oxygens (including phenoxy) is 1. The summed E-state index contributed by atoms with van der Waals surface area (Å²) in [7, 11) is 0.